The van der Waals surface area contributed by atoms with Gasteiger partial charge in [-0.05, 0) is 11.4 Å². The number of nitrogens with zero attached hydrogens (tertiary/aromatic N) is 1. The molecule has 0 radical (unpaired) electrons. The molecular formula is C11H9NO3S. The van der Waals surface area contributed by atoms with E-state index in [2.05, 4.69) is 0 Å². The first-order valence-corrected chi connectivity index (χ1v) is 5.53. The highest BCUT2D eigenvalue weighted by Gasteiger charge is 2.17. The number of nitro benzene ring substituents is 1. The standard InChI is InChI=1S/C11H9NO3S/c13-7-9-8(11-5-2-6-16-11)3-1-4-10(9)12(14)15/h1-6,13H,7H2. The molecule has 1 N–H and O–H groups in total. The zero-order chi connectivity index (χ0) is 11.5. The maximum atomic E-state index is 10.8. The van der Waals surface area contributed by atoms with Crippen LogP contribution in [0.25, 0.3) is 10.4 Å². The maximum absolute atomic E-state index is 10.8. The third kappa shape index (κ3) is 1.82. The number of aliphatic hydroxyl groups is 1. The first-order valence-electron chi connectivity index (χ1n) is 4.65. The lowest BCUT2D eigenvalue weighted by molar-refractivity contribution is -0.385. The minimum absolute atomic E-state index is 0.0339. The predicted octanol–water partition coefficient (Wildman–Crippen LogP) is 2.82. The average Bonchev–Trinajstić information content (AvgIpc) is 2.81. The second-order valence-corrected chi connectivity index (χ2v) is 4.14. The van der Waals surface area contributed by atoms with Gasteiger partial charge in [0.15, 0.2) is 0 Å². The molecule has 0 bridgehead atoms. The molecule has 0 aliphatic carbocycles. The van der Waals surface area contributed by atoms with E-state index in [0.717, 1.165) is 10.4 Å². The average molecular weight is 235 g/mol. The summed E-state index contributed by atoms with van der Waals surface area (Å²) in [5.41, 5.74) is 1.06. The molecule has 0 unspecified atom stereocenters. The van der Waals surface area contributed by atoms with E-state index in [1.807, 2.05) is 17.5 Å². The third-order valence-electron chi connectivity index (χ3n) is 2.29. The molecule has 0 aliphatic rings. The summed E-state index contributed by atoms with van der Waals surface area (Å²) in [4.78, 5) is 11.3. The van der Waals surface area contributed by atoms with Crippen molar-refractivity contribution in [2.45, 2.75) is 6.61 Å². The first kappa shape index (κ1) is 10.8. The molecule has 0 amide bonds. The molecule has 4 nitrogen and oxygen atoms in total. The fraction of sp³-hybridized carbons (Fsp3) is 0.0909. The molecule has 0 atom stereocenters. The Hall–Kier alpha value is -1.72. The summed E-state index contributed by atoms with van der Waals surface area (Å²) < 4.78 is 0. The third-order valence-corrected chi connectivity index (χ3v) is 3.20. The van der Waals surface area contributed by atoms with Gasteiger partial charge in [-0.15, -0.1) is 11.3 Å². The number of hydrogen-bond acceptors (Lipinski definition) is 4. The van der Waals surface area contributed by atoms with Gasteiger partial charge >= 0.3 is 0 Å². The molecule has 16 heavy (non-hydrogen) atoms. The summed E-state index contributed by atoms with van der Waals surface area (Å²) in [5, 5.41) is 21.9. The van der Waals surface area contributed by atoms with Crippen molar-refractivity contribution in [3.8, 4) is 10.4 Å². The Balaban J connectivity index is 2.62. The van der Waals surface area contributed by atoms with Crippen molar-refractivity contribution in [2.24, 2.45) is 0 Å². The molecule has 0 saturated heterocycles. The quantitative estimate of drug-likeness (QED) is 0.657. The number of benzene rings is 1. The molecule has 2 rings (SSSR count). The fourth-order valence-corrected chi connectivity index (χ4v) is 2.35. The van der Waals surface area contributed by atoms with Crippen molar-refractivity contribution in [2.75, 3.05) is 0 Å². The van der Waals surface area contributed by atoms with E-state index in [9.17, 15) is 15.2 Å². The monoisotopic (exact) mass is 235 g/mol. The molecule has 82 valence electrons. The number of rotatable bonds is 3. The SMILES string of the molecule is O=[N+]([O-])c1cccc(-c2cccs2)c1CO. The number of hydrogen-bond donors (Lipinski definition) is 1. The zero-order valence-electron chi connectivity index (χ0n) is 8.29. The second kappa shape index (κ2) is 4.42. The Labute approximate surface area is 95.9 Å². The van der Waals surface area contributed by atoms with Crippen molar-refractivity contribution in [3.05, 3.63) is 51.4 Å². The summed E-state index contributed by atoms with van der Waals surface area (Å²) in [7, 11) is 0. The van der Waals surface area contributed by atoms with Crippen LogP contribution in [0, 0.1) is 10.1 Å². The van der Waals surface area contributed by atoms with Crippen molar-refractivity contribution >= 4 is 17.0 Å². The summed E-state index contributed by atoms with van der Waals surface area (Å²) >= 11 is 1.49. The van der Waals surface area contributed by atoms with Gasteiger partial charge in [0, 0.05) is 16.5 Å². The van der Waals surface area contributed by atoms with Gasteiger partial charge < -0.3 is 5.11 Å². The van der Waals surface area contributed by atoms with Gasteiger partial charge in [-0.2, -0.15) is 0 Å². The van der Waals surface area contributed by atoms with E-state index in [1.54, 1.807) is 12.1 Å². The topological polar surface area (TPSA) is 63.4 Å². The van der Waals surface area contributed by atoms with Crippen LogP contribution >= 0.6 is 11.3 Å². The van der Waals surface area contributed by atoms with Gasteiger partial charge in [0.2, 0.25) is 0 Å². The molecule has 1 aromatic carbocycles. The lowest BCUT2D eigenvalue weighted by Gasteiger charge is -2.05. The summed E-state index contributed by atoms with van der Waals surface area (Å²) in [6, 6.07) is 8.57. The fourth-order valence-electron chi connectivity index (χ4n) is 1.57. The molecule has 0 fully saturated rings. The molecule has 0 spiro atoms. The Morgan fingerprint density at radius 2 is 2.12 bits per heavy atom. The van der Waals surface area contributed by atoms with E-state index in [0.29, 0.717) is 5.56 Å². The van der Waals surface area contributed by atoms with Gasteiger partial charge in [0.05, 0.1) is 17.1 Å². The summed E-state index contributed by atoms with van der Waals surface area (Å²) in [6.45, 7) is -0.329. The molecule has 5 heteroatoms. The van der Waals surface area contributed by atoms with Gasteiger partial charge in [0.25, 0.3) is 5.69 Å². The highest BCUT2D eigenvalue weighted by Crippen LogP contribution is 2.33. The molecule has 1 aromatic heterocycles. The van der Waals surface area contributed by atoms with Crippen LogP contribution in [0.2, 0.25) is 0 Å². The zero-order valence-corrected chi connectivity index (χ0v) is 9.11. The Kier molecular flexibility index (Phi) is 2.98. The van der Waals surface area contributed by atoms with Gasteiger partial charge in [-0.3, -0.25) is 10.1 Å². The van der Waals surface area contributed by atoms with Crippen molar-refractivity contribution in [3.63, 3.8) is 0 Å². The van der Waals surface area contributed by atoms with Gasteiger partial charge in [0.1, 0.15) is 0 Å². The van der Waals surface area contributed by atoms with Crippen molar-refractivity contribution in [1.29, 1.82) is 0 Å². The van der Waals surface area contributed by atoms with E-state index in [1.165, 1.54) is 17.4 Å². The van der Waals surface area contributed by atoms with E-state index in [-0.39, 0.29) is 12.3 Å². The normalized spacial score (nSPS) is 10.3. The Morgan fingerprint density at radius 1 is 1.31 bits per heavy atom. The Morgan fingerprint density at radius 3 is 2.69 bits per heavy atom. The Bertz CT molecular complexity index is 508. The van der Waals surface area contributed by atoms with Crippen molar-refractivity contribution in [1.82, 2.24) is 0 Å². The van der Waals surface area contributed by atoms with Crippen LogP contribution in [0.5, 0.6) is 0 Å². The van der Waals surface area contributed by atoms with Crippen LogP contribution in [0.3, 0.4) is 0 Å². The summed E-state index contributed by atoms with van der Waals surface area (Å²) in [6.07, 6.45) is 0. The van der Waals surface area contributed by atoms with Crippen LogP contribution in [0.1, 0.15) is 5.56 Å². The van der Waals surface area contributed by atoms with Crippen LogP contribution in [0.15, 0.2) is 35.7 Å². The number of nitro groups is 1. The minimum Gasteiger partial charge on any atom is -0.391 e. The van der Waals surface area contributed by atoms with Crippen LogP contribution in [-0.4, -0.2) is 10.0 Å². The second-order valence-electron chi connectivity index (χ2n) is 3.20. The molecule has 0 saturated carbocycles. The van der Waals surface area contributed by atoms with Crippen molar-refractivity contribution < 1.29 is 10.0 Å². The lowest BCUT2D eigenvalue weighted by Crippen LogP contribution is -1.97. The van der Waals surface area contributed by atoms with Crippen LogP contribution < -0.4 is 0 Å². The molecule has 0 aliphatic heterocycles. The van der Waals surface area contributed by atoms with Crippen LogP contribution in [0.4, 0.5) is 5.69 Å². The minimum atomic E-state index is -0.470. The van der Waals surface area contributed by atoms with E-state index in [4.69, 9.17) is 0 Å². The van der Waals surface area contributed by atoms with Gasteiger partial charge in [-0.1, -0.05) is 18.2 Å². The molecule has 2 aromatic rings. The first-order chi connectivity index (χ1) is 7.74. The van der Waals surface area contributed by atoms with Gasteiger partial charge in [-0.25, -0.2) is 0 Å². The van der Waals surface area contributed by atoms with Crippen LogP contribution in [-0.2, 0) is 6.61 Å². The number of thiophene rings is 1. The molecular weight excluding hydrogens is 226 g/mol. The highest BCUT2D eigenvalue weighted by atomic mass is 32.1. The van der Waals surface area contributed by atoms with E-state index >= 15 is 0 Å². The predicted molar refractivity (Wildman–Crippen MR) is 62.3 cm³/mol. The summed E-state index contributed by atoms with van der Waals surface area (Å²) in [5.74, 6) is 0. The van der Waals surface area contributed by atoms with E-state index < -0.39 is 4.92 Å². The largest absolute Gasteiger partial charge is 0.391 e. The molecule has 1 heterocycles. The number of aliphatic hydroxyl groups excluding tert-OH is 1. The lowest BCUT2D eigenvalue weighted by atomic mass is 10.0. The highest BCUT2D eigenvalue weighted by molar-refractivity contribution is 7.13. The smallest absolute Gasteiger partial charge is 0.275 e. The maximum Gasteiger partial charge on any atom is 0.275 e.